The number of benzene rings is 1. The van der Waals surface area contributed by atoms with Crippen LogP contribution in [0.15, 0.2) is 24.3 Å². The van der Waals surface area contributed by atoms with Crippen LogP contribution in [0.1, 0.15) is 5.82 Å². The van der Waals surface area contributed by atoms with E-state index in [1.807, 2.05) is 0 Å². The monoisotopic (exact) mass is 271 g/mol. The maximum absolute atomic E-state index is 13.5. The molecule has 2 rings (SSSR count). The van der Waals surface area contributed by atoms with Crippen molar-refractivity contribution in [2.24, 2.45) is 0 Å². The average Bonchev–Trinajstić information content (AvgIpc) is 2.22. The summed E-state index contributed by atoms with van der Waals surface area (Å²) in [5, 5.41) is 3.53. The first kappa shape index (κ1) is 12.1. The van der Waals surface area contributed by atoms with Gasteiger partial charge in [0, 0.05) is 11.1 Å². The van der Waals surface area contributed by atoms with E-state index in [4.69, 9.17) is 23.2 Å². The first-order valence-electron chi connectivity index (χ1n) is 4.78. The second kappa shape index (κ2) is 4.85. The smallest absolute Gasteiger partial charge is 0.146 e. The van der Waals surface area contributed by atoms with Crippen molar-refractivity contribution in [1.29, 1.82) is 0 Å². The molecule has 0 aliphatic rings. The van der Waals surface area contributed by atoms with Gasteiger partial charge in [-0.2, -0.15) is 0 Å². The molecule has 1 heterocycles. The van der Waals surface area contributed by atoms with Crippen molar-refractivity contribution >= 4 is 34.7 Å². The van der Waals surface area contributed by atoms with Crippen molar-refractivity contribution in [2.75, 3.05) is 5.32 Å². The average molecular weight is 272 g/mol. The third kappa shape index (κ3) is 3.05. The lowest BCUT2D eigenvalue weighted by Crippen LogP contribution is -1.99. The molecule has 0 amide bonds. The van der Waals surface area contributed by atoms with Gasteiger partial charge in [0.15, 0.2) is 0 Å². The summed E-state index contributed by atoms with van der Waals surface area (Å²) in [5.41, 5.74) is 0.242. The number of rotatable bonds is 2. The molecule has 0 aliphatic carbocycles. The van der Waals surface area contributed by atoms with Crippen LogP contribution in [0.5, 0.6) is 0 Å². The van der Waals surface area contributed by atoms with E-state index in [1.165, 1.54) is 24.3 Å². The van der Waals surface area contributed by atoms with Crippen LogP contribution in [-0.4, -0.2) is 9.97 Å². The topological polar surface area (TPSA) is 37.8 Å². The maximum Gasteiger partial charge on any atom is 0.146 e. The number of hydrogen-bond acceptors (Lipinski definition) is 3. The van der Waals surface area contributed by atoms with Gasteiger partial charge in [-0.3, -0.25) is 0 Å². The van der Waals surface area contributed by atoms with Gasteiger partial charge in [0.2, 0.25) is 0 Å². The van der Waals surface area contributed by atoms with E-state index in [2.05, 4.69) is 15.3 Å². The van der Waals surface area contributed by atoms with Gasteiger partial charge >= 0.3 is 0 Å². The molecular weight excluding hydrogens is 264 g/mol. The van der Waals surface area contributed by atoms with Gasteiger partial charge in [-0.25, -0.2) is 14.4 Å². The number of nitrogens with one attached hydrogen (secondary N) is 1. The Kier molecular flexibility index (Phi) is 3.45. The van der Waals surface area contributed by atoms with Crippen molar-refractivity contribution in [1.82, 2.24) is 9.97 Å². The molecule has 0 bridgehead atoms. The van der Waals surface area contributed by atoms with Gasteiger partial charge in [0.1, 0.15) is 22.6 Å². The molecule has 0 unspecified atom stereocenters. The highest BCUT2D eigenvalue weighted by Crippen LogP contribution is 2.23. The Labute approximate surface area is 108 Å². The number of hydrogen-bond donors (Lipinski definition) is 1. The summed E-state index contributed by atoms with van der Waals surface area (Å²) in [5.74, 6) is 0.507. The summed E-state index contributed by atoms with van der Waals surface area (Å²) >= 11 is 11.6. The van der Waals surface area contributed by atoms with Crippen LogP contribution in [0, 0.1) is 12.7 Å². The summed E-state index contributed by atoms with van der Waals surface area (Å²) < 4.78 is 13.5. The highest BCUT2D eigenvalue weighted by atomic mass is 35.5. The molecule has 88 valence electrons. The first-order valence-corrected chi connectivity index (χ1v) is 5.53. The van der Waals surface area contributed by atoms with Crippen LogP contribution in [0.3, 0.4) is 0 Å². The lowest BCUT2D eigenvalue weighted by atomic mass is 10.3. The standard InChI is InChI=1S/C11H8Cl2FN3/c1-6-15-10(13)5-11(16-6)17-9-4-7(12)2-3-8(9)14/h2-5H,1H3,(H,15,16,17). The van der Waals surface area contributed by atoms with E-state index in [1.54, 1.807) is 6.92 Å². The Morgan fingerprint density at radius 2 is 1.94 bits per heavy atom. The van der Waals surface area contributed by atoms with Crippen LogP contribution in [0.25, 0.3) is 0 Å². The molecule has 3 nitrogen and oxygen atoms in total. The fraction of sp³-hybridized carbons (Fsp3) is 0.0909. The molecular formula is C11H8Cl2FN3. The van der Waals surface area contributed by atoms with Crippen LogP contribution < -0.4 is 5.32 Å². The summed E-state index contributed by atoms with van der Waals surface area (Å²) in [4.78, 5) is 7.99. The van der Waals surface area contributed by atoms with E-state index in [0.717, 1.165) is 0 Å². The second-order valence-electron chi connectivity index (χ2n) is 3.37. The minimum Gasteiger partial charge on any atom is -0.338 e. The zero-order valence-electron chi connectivity index (χ0n) is 8.84. The number of nitrogens with zero attached hydrogens (tertiary/aromatic N) is 2. The van der Waals surface area contributed by atoms with Crippen molar-refractivity contribution < 1.29 is 4.39 Å². The predicted octanol–water partition coefficient (Wildman–Crippen LogP) is 3.97. The van der Waals surface area contributed by atoms with E-state index in [-0.39, 0.29) is 5.69 Å². The predicted molar refractivity (Wildman–Crippen MR) is 66.5 cm³/mol. The van der Waals surface area contributed by atoms with Gasteiger partial charge in [-0.1, -0.05) is 23.2 Å². The molecule has 0 saturated heterocycles. The van der Waals surface area contributed by atoms with Gasteiger partial charge in [-0.15, -0.1) is 0 Å². The molecule has 0 saturated carbocycles. The minimum absolute atomic E-state index is 0.242. The third-order valence-electron chi connectivity index (χ3n) is 2.00. The highest BCUT2D eigenvalue weighted by Gasteiger charge is 2.05. The molecule has 0 fully saturated rings. The zero-order chi connectivity index (χ0) is 12.4. The van der Waals surface area contributed by atoms with E-state index in [9.17, 15) is 4.39 Å². The van der Waals surface area contributed by atoms with Gasteiger partial charge < -0.3 is 5.32 Å². The zero-order valence-corrected chi connectivity index (χ0v) is 10.3. The summed E-state index contributed by atoms with van der Waals surface area (Å²) in [6.45, 7) is 1.70. The molecule has 1 N–H and O–H groups in total. The Bertz CT molecular complexity index is 540. The fourth-order valence-electron chi connectivity index (χ4n) is 1.33. The molecule has 1 aromatic carbocycles. The van der Waals surface area contributed by atoms with E-state index in [0.29, 0.717) is 21.8 Å². The number of aryl methyl sites for hydroxylation is 1. The van der Waals surface area contributed by atoms with Gasteiger partial charge in [0.25, 0.3) is 0 Å². The van der Waals surface area contributed by atoms with E-state index >= 15 is 0 Å². The molecule has 2 aromatic rings. The van der Waals surface area contributed by atoms with Gasteiger partial charge in [0.05, 0.1) is 5.69 Å². The molecule has 0 radical (unpaired) electrons. The maximum atomic E-state index is 13.5. The molecule has 0 spiro atoms. The Balaban J connectivity index is 2.34. The minimum atomic E-state index is -0.415. The largest absolute Gasteiger partial charge is 0.338 e. The number of anilines is 2. The molecule has 0 aliphatic heterocycles. The van der Waals surface area contributed by atoms with Crippen molar-refractivity contribution in [3.05, 3.63) is 46.1 Å². The Hall–Kier alpha value is -1.39. The first-order chi connectivity index (χ1) is 8.04. The van der Waals surface area contributed by atoms with Crippen LogP contribution in [-0.2, 0) is 0 Å². The van der Waals surface area contributed by atoms with Crippen molar-refractivity contribution in [3.63, 3.8) is 0 Å². The number of halogens is 3. The normalized spacial score (nSPS) is 10.4. The lowest BCUT2D eigenvalue weighted by molar-refractivity contribution is 0.632. The number of aromatic nitrogens is 2. The van der Waals surface area contributed by atoms with Crippen molar-refractivity contribution in [2.45, 2.75) is 6.92 Å². The molecule has 17 heavy (non-hydrogen) atoms. The molecule has 0 atom stereocenters. The lowest BCUT2D eigenvalue weighted by Gasteiger charge is -2.07. The summed E-state index contributed by atoms with van der Waals surface area (Å²) in [7, 11) is 0. The van der Waals surface area contributed by atoms with E-state index < -0.39 is 5.82 Å². The van der Waals surface area contributed by atoms with Crippen LogP contribution >= 0.6 is 23.2 Å². The van der Waals surface area contributed by atoms with Crippen LogP contribution in [0.2, 0.25) is 10.2 Å². The summed E-state index contributed by atoms with van der Waals surface area (Å²) in [6.07, 6.45) is 0. The fourth-order valence-corrected chi connectivity index (χ4v) is 1.72. The molecule has 1 aromatic heterocycles. The highest BCUT2D eigenvalue weighted by molar-refractivity contribution is 6.31. The van der Waals surface area contributed by atoms with Crippen molar-refractivity contribution in [3.8, 4) is 0 Å². The summed E-state index contributed by atoms with van der Waals surface area (Å²) in [6, 6.07) is 5.73. The quantitative estimate of drug-likeness (QED) is 0.840. The second-order valence-corrected chi connectivity index (χ2v) is 4.20. The SMILES string of the molecule is Cc1nc(Cl)cc(Nc2cc(Cl)ccc2F)n1. The van der Waals surface area contributed by atoms with Gasteiger partial charge in [-0.05, 0) is 25.1 Å². The Morgan fingerprint density at radius 1 is 1.18 bits per heavy atom. The van der Waals surface area contributed by atoms with Crippen LogP contribution in [0.4, 0.5) is 15.9 Å². The Morgan fingerprint density at radius 3 is 2.65 bits per heavy atom. The molecule has 6 heteroatoms. The third-order valence-corrected chi connectivity index (χ3v) is 2.43.